The summed E-state index contributed by atoms with van der Waals surface area (Å²) >= 11 is 4.79. The monoisotopic (exact) mass is 391 g/mol. The van der Waals surface area contributed by atoms with Crippen LogP contribution >= 0.6 is 27.7 Å². The molecule has 0 aliphatic carbocycles. The van der Waals surface area contributed by atoms with E-state index in [1.54, 1.807) is 6.08 Å². The smallest absolute Gasteiger partial charge is 0.257 e. The number of halogens is 1. The van der Waals surface area contributed by atoms with E-state index in [1.807, 2.05) is 24.3 Å². The minimum Gasteiger partial charge on any atom is -0.310 e. The van der Waals surface area contributed by atoms with Crippen molar-refractivity contribution in [1.82, 2.24) is 9.97 Å². The molecule has 1 aliphatic heterocycles. The van der Waals surface area contributed by atoms with Crippen LogP contribution in [0.2, 0.25) is 0 Å². The zero-order valence-electron chi connectivity index (χ0n) is 12.1. The van der Waals surface area contributed by atoms with Gasteiger partial charge < -0.3 is 10.3 Å². The lowest BCUT2D eigenvalue weighted by atomic mass is 9.87. The molecule has 0 spiro atoms. The predicted molar refractivity (Wildman–Crippen MR) is 95.0 cm³/mol. The summed E-state index contributed by atoms with van der Waals surface area (Å²) in [4.78, 5) is 31.7. The van der Waals surface area contributed by atoms with Crippen LogP contribution in [0, 0.1) is 0 Å². The molecule has 1 unspecified atom stereocenters. The number of benzene rings is 1. The Morgan fingerprint density at radius 1 is 1.43 bits per heavy atom. The number of thioether (sulfide) groups is 1. The van der Waals surface area contributed by atoms with Crippen LogP contribution in [0.5, 0.6) is 0 Å². The van der Waals surface area contributed by atoms with Gasteiger partial charge in [-0.25, -0.2) is 4.98 Å². The Kier molecular flexibility index (Phi) is 4.68. The van der Waals surface area contributed by atoms with Crippen molar-refractivity contribution in [2.75, 3.05) is 11.1 Å². The first-order valence-corrected chi connectivity index (χ1v) is 8.79. The Morgan fingerprint density at radius 3 is 3.00 bits per heavy atom. The number of fused-ring (bicyclic) bond motifs is 1. The van der Waals surface area contributed by atoms with Crippen LogP contribution in [0.1, 0.15) is 23.5 Å². The molecule has 0 bridgehead atoms. The van der Waals surface area contributed by atoms with Gasteiger partial charge in [0, 0.05) is 22.6 Å². The van der Waals surface area contributed by atoms with Crippen LogP contribution in [0.3, 0.4) is 0 Å². The Morgan fingerprint density at radius 2 is 2.26 bits per heavy atom. The van der Waals surface area contributed by atoms with E-state index in [1.165, 1.54) is 11.8 Å². The second kappa shape index (κ2) is 6.72. The maximum absolute atomic E-state index is 12.5. The topological polar surface area (TPSA) is 74.8 Å². The molecule has 118 valence electrons. The van der Waals surface area contributed by atoms with E-state index < -0.39 is 0 Å². The van der Waals surface area contributed by atoms with Crippen LogP contribution in [0.15, 0.2) is 51.3 Å². The average molecular weight is 392 g/mol. The number of carbonyl (C=O) groups is 1. The van der Waals surface area contributed by atoms with Gasteiger partial charge in [-0.05, 0) is 17.7 Å². The third-order valence-electron chi connectivity index (χ3n) is 3.52. The zero-order valence-corrected chi connectivity index (χ0v) is 14.5. The number of aromatic nitrogens is 2. The molecule has 1 aromatic carbocycles. The molecule has 3 rings (SSSR count). The summed E-state index contributed by atoms with van der Waals surface area (Å²) in [5, 5.41) is 3.19. The third kappa shape index (κ3) is 3.40. The molecule has 0 saturated carbocycles. The van der Waals surface area contributed by atoms with Gasteiger partial charge in [0.25, 0.3) is 5.56 Å². The molecule has 1 aliphatic rings. The van der Waals surface area contributed by atoms with E-state index in [0.29, 0.717) is 22.3 Å². The highest BCUT2D eigenvalue weighted by Crippen LogP contribution is 2.35. The van der Waals surface area contributed by atoms with Crippen molar-refractivity contribution in [2.24, 2.45) is 0 Å². The normalized spacial score (nSPS) is 16.6. The standard InChI is InChI=1S/C16H14BrN3O2S/c1-2-6-23-16-19-14-13(15(22)20-16)11(8-12(21)18-14)9-4-3-5-10(17)7-9/h2-5,7,11H,1,6,8H2,(H2,18,19,20,21,22). The summed E-state index contributed by atoms with van der Waals surface area (Å²) in [6, 6.07) is 7.64. The van der Waals surface area contributed by atoms with Crippen molar-refractivity contribution >= 4 is 39.4 Å². The van der Waals surface area contributed by atoms with E-state index in [9.17, 15) is 9.59 Å². The van der Waals surface area contributed by atoms with Crippen molar-refractivity contribution in [3.05, 3.63) is 62.9 Å². The SMILES string of the molecule is C=CCSc1nc2c(c(=O)[nH]1)C(c1cccc(Br)c1)CC(=O)N2. The first-order valence-electron chi connectivity index (χ1n) is 7.01. The van der Waals surface area contributed by atoms with Gasteiger partial charge in [-0.1, -0.05) is 45.9 Å². The van der Waals surface area contributed by atoms with Crippen LogP contribution < -0.4 is 10.9 Å². The molecular weight excluding hydrogens is 378 g/mol. The Bertz CT molecular complexity index is 834. The minimum atomic E-state index is -0.300. The number of aromatic amines is 1. The summed E-state index contributed by atoms with van der Waals surface area (Å²) < 4.78 is 0.907. The Hall–Kier alpha value is -1.86. The molecule has 1 aromatic heterocycles. The quantitative estimate of drug-likeness (QED) is 0.476. The fourth-order valence-electron chi connectivity index (χ4n) is 2.56. The van der Waals surface area contributed by atoms with E-state index in [0.717, 1.165) is 10.0 Å². The number of anilines is 1. The van der Waals surface area contributed by atoms with Crippen LogP contribution in [-0.4, -0.2) is 21.6 Å². The highest BCUT2D eigenvalue weighted by Gasteiger charge is 2.30. The molecule has 0 fully saturated rings. The fourth-order valence-corrected chi connectivity index (χ4v) is 3.58. The highest BCUT2D eigenvalue weighted by atomic mass is 79.9. The molecule has 7 heteroatoms. The summed E-state index contributed by atoms with van der Waals surface area (Å²) in [6.45, 7) is 3.64. The van der Waals surface area contributed by atoms with Gasteiger partial charge in [-0.2, -0.15) is 0 Å². The van der Waals surface area contributed by atoms with Gasteiger partial charge >= 0.3 is 0 Å². The summed E-state index contributed by atoms with van der Waals surface area (Å²) in [6.07, 6.45) is 1.96. The number of H-pyrrole nitrogens is 1. The minimum absolute atomic E-state index is 0.139. The van der Waals surface area contributed by atoms with Gasteiger partial charge in [-0.3, -0.25) is 9.59 Å². The number of nitrogens with zero attached hydrogens (tertiary/aromatic N) is 1. The molecule has 2 heterocycles. The molecular formula is C16H14BrN3O2S. The number of nitrogens with one attached hydrogen (secondary N) is 2. The van der Waals surface area contributed by atoms with Gasteiger partial charge in [0.2, 0.25) is 5.91 Å². The second-order valence-corrected chi connectivity index (χ2v) is 7.02. The Labute approximate surface area is 145 Å². The van der Waals surface area contributed by atoms with Crippen molar-refractivity contribution < 1.29 is 4.79 Å². The molecule has 0 saturated heterocycles. The summed E-state index contributed by atoms with van der Waals surface area (Å²) in [7, 11) is 0. The lowest BCUT2D eigenvalue weighted by Crippen LogP contribution is -2.31. The summed E-state index contributed by atoms with van der Waals surface area (Å²) in [5.41, 5.74) is 1.20. The molecule has 1 atom stereocenters. The van der Waals surface area contributed by atoms with E-state index in [-0.39, 0.29) is 23.8 Å². The average Bonchev–Trinajstić information content (AvgIpc) is 2.51. The van der Waals surface area contributed by atoms with Crippen molar-refractivity contribution in [1.29, 1.82) is 0 Å². The highest BCUT2D eigenvalue weighted by molar-refractivity contribution is 9.10. The maximum atomic E-state index is 12.5. The third-order valence-corrected chi connectivity index (χ3v) is 4.88. The lowest BCUT2D eigenvalue weighted by Gasteiger charge is -2.24. The first-order chi connectivity index (χ1) is 11.1. The zero-order chi connectivity index (χ0) is 16.4. The van der Waals surface area contributed by atoms with Crippen LogP contribution in [-0.2, 0) is 4.79 Å². The molecule has 2 N–H and O–H groups in total. The number of hydrogen-bond acceptors (Lipinski definition) is 4. The molecule has 0 radical (unpaired) electrons. The maximum Gasteiger partial charge on any atom is 0.257 e. The van der Waals surface area contributed by atoms with E-state index in [2.05, 4.69) is 37.8 Å². The predicted octanol–water partition coefficient (Wildman–Crippen LogP) is 3.28. The fraction of sp³-hybridized carbons (Fsp3) is 0.188. The van der Waals surface area contributed by atoms with Crippen molar-refractivity contribution in [3.63, 3.8) is 0 Å². The number of hydrogen-bond donors (Lipinski definition) is 2. The lowest BCUT2D eigenvalue weighted by molar-refractivity contribution is -0.116. The summed E-state index contributed by atoms with van der Waals surface area (Å²) in [5.74, 6) is 0.540. The Balaban J connectivity index is 2.08. The van der Waals surface area contributed by atoms with Crippen molar-refractivity contribution in [2.45, 2.75) is 17.5 Å². The largest absolute Gasteiger partial charge is 0.310 e. The van der Waals surface area contributed by atoms with Gasteiger partial charge in [-0.15, -0.1) is 6.58 Å². The van der Waals surface area contributed by atoms with Gasteiger partial charge in [0.1, 0.15) is 5.82 Å². The van der Waals surface area contributed by atoms with Crippen LogP contribution in [0.4, 0.5) is 5.82 Å². The van der Waals surface area contributed by atoms with Gasteiger partial charge in [0.15, 0.2) is 5.16 Å². The molecule has 5 nitrogen and oxygen atoms in total. The molecule has 23 heavy (non-hydrogen) atoms. The number of carbonyl (C=O) groups excluding carboxylic acids is 1. The molecule has 2 aromatic rings. The molecule has 1 amide bonds. The van der Waals surface area contributed by atoms with Gasteiger partial charge in [0.05, 0.1) is 5.56 Å². The second-order valence-electron chi connectivity index (χ2n) is 5.09. The first kappa shape index (κ1) is 16.0. The van der Waals surface area contributed by atoms with Crippen molar-refractivity contribution in [3.8, 4) is 0 Å². The number of rotatable bonds is 4. The van der Waals surface area contributed by atoms with Crippen LogP contribution in [0.25, 0.3) is 0 Å². The number of amides is 1. The van der Waals surface area contributed by atoms with E-state index >= 15 is 0 Å². The van der Waals surface area contributed by atoms with E-state index in [4.69, 9.17) is 0 Å².